The first kappa shape index (κ1) is 19.0. The molecular weight excluding hydrogens is 383 g/mol. The maximum Gasteiger partial charge on any atom is 0.243 e. The highest BCUT2D eigenvalue weighted by Gasteiger charge is 2.31. The number of piperazine rings is 1. The van der Waals surface area contributed by atoms with Gasteiger partial charge in [-0.25, -0.2) is 21.2 Å². The Morgan fingerprint density at radius 3 is 2.27 bits per heavy atom. The minimum Gasteiger partial charge on any atom is -0.340 e. The topological polar surface area (TPSA) is 91.8 Å². The Kier molecular flexibility index (Phi) is 5.18. The molecule has 0 aromatic heterocycles. The summed E-state index contributed by atoms with van der Waals surface area (Å²) in [5.74, 6) is -1.08. The summed E-state index contributed by atoms with van der Waals surface area (Å²) in [6.07, 6.45) is 1.63. The lowest BCUT2D eigenvalue weighted by atomic mass is 10.1. The van der Waals surface area contributed by atoms with Gasteiger partial charge in [0.25, 0.3) is 0 Å². The number of amides is 1. The summed E-state index contributed by atoms with van der Waals surface area (Å²) in [7, 11) is -6.93. The van der Waals surface area contributed by atoms with E-state index < -0.39 is 25.7 Å². The molecule has 0 spiro atoms. The van der Waals surface area contributed by atoms with Gasteiger partial charge in [-0.2, -0.15) is 4.31 Å². The van der Waals surface area contributed by atoms with Crippen LogP contribution in [0.2, 0.25) is 0 Å². The van der Waals surface area contributed by atoms with E-state index in [1.54, 1.807) is 4.90 Å². The molecule has 1 aromatic carbocycles. The number of sulfonamides is 1. The second kappa shape index (κ2) is 7.09. The second-order valence-electron chi connectivity index (χ2n) is 6.36. The number of halogens is 1. The fraction of sp³-hybridized carbons (Fsp3) is 0.438. The number of hydrogen-bond donors (Lipinski definition) is 0. The summed E-state index contributed by atoms with van der Waals surface area (Å²) < 4.78 is 62.1. The third kappa shape index (κ3) is 4.13. The van der Waals surface area contributed by atoms with E-state index in [4.69, 9.17) is 0 Å². The highest BCUT2D eigenvalue weighted by Crippen LogP contribution is 2.21. The molecule has 1 atom stereocenters. The Labute approximate surface area is 152 Å². The molecule has 1 fully saturated rings. The third-order valence-electron chi connectivity index (χ3n) is 4.48. The number of sulfone groups is 1. The number of benzene rings is 1. The summed E-state index contributed by atoms with van der Waals surface area (Å²) in [5, 5.41) is 1.14. The van der Waals surface area contributed by atoms with Crippen molar-refractivity contribution in [1.82, 2.24) is 9.21 Å². The summed E-state index contributed by atoms with van der Waals surface area (Å²) in [4.78, 5) is 13.9. The van der Waals surface area contributed by atoms with E-state index in [1.165, 1.54) is 22.5 Å². The molecule has 7 nitrogen and oxygen atoms in total. The van der Waals surface area contributed by atoms with E-state index in [1.807, 2.05) is 0 Å². The Bertz CT molecular complexity index is 918. The average molecular weight is 402 g/mol. The van der Waals surface area contributed by atoms with Gasteiger partial charge in [0.1, 0.15) is 5.82 Å². The second-order valence-corrected chi connectivity index (χ2v) is 10.2. The molecule has 0 saturated carbocycles. The third-order valence-corrected chi connectivity index (χ3v) is 7.86. The summed E-state index contributed by atoms with van der Waals surface area (Å²) in [5.41, 5.74) is 0. The van der Waals surface area contributed by atoms with E-state index in [2.05, 4.69) is 0 Å². The number of carbonyl (C=O) groups is 1. The van der Waals surface area contributed by atoms with E-state index in [0.717, 1.165) is 17.5 Å². The summed E-state index contributed by atoms with van der Waals surface area (Å²) in [6, 6.07) is 4.62. The number of allylic oxidation sites excluding steroid dienone is 1. The van der Waals surface area contributed by atoms with Gasteiger partial charge in [-0.1, -0.05) is 6.08 Å². The molecule has 26 heavy (non-hydrogen) atoms. The van der Waals surface area contributed by atoms with E-state index in [-0.39, 0.29) is 55.1 Å². The molecule has 2 aliphatic heterocycles. The predicted octanol–water partition coefficient (Wildman–Crippen LogP) is 0.607. The standard InChI is InChI=1S/C16H19FN2O5S2/c17-14-1-3-15(4-2-14)26(23,24)19-8-6-18(7-9-19)16(20)11-13-5-10-25(21,22)12-13/h1-5,10,13H,6-9,11-12H2/t13-/m0/s1. The smallest absolute Gasteiger partial charge is 0.243 e. The zero-order chi connectivity index (χ0) is 18.9. The van der Waals surface area contributed by atoms with Crippen LogP contribution < -0.4 is 0 Å². The lowest BCUT2D eigenvalue weighted by molar-refractivity contribution is -0.132. The minimum atomic E-state index is -3.73. The molecule has 142 valence electrons. The van der Waals surface area contributed by atoms with Crippen LogP contribution in [-0.2, 0) is 24.7 Å². The summed E-state index contributed by atoms with van der Waals surface area (Å²) in [6.45, 7) is 0.763. The number of rotatable bonds is 4. The Balaban J connectivity index is 1.58. The number of carbonyl (C=O) groups excluding carboxylic acids is 1. The Hall–Kier alpha value is -1.78. The van der Waals surface area contributed by atoms with E-state index in [0.29, 0.717) is 0 Å². The van der Waals surface area contributed by atoms with Gasteiger partial charge in [0.2, 0.25) is 15.9 Å². The SMILES string of the molecule is O=C(C[C@@H]1C=CS(=O)(=O)C1)N1CCN(S(=O)(=O)c2ccc(F)cc2)CC1. The van der Waals surface area contributed by atoms with Crippen LogP contribution in [0.15, 0.2) is 40.6 Å². The minimum absolute atomic E-state index is 0.0139. The number of nitrogens with zero attached hydrogens (tertiary/aromatic N) is 2. The van der Waals surface area contributed by atoms with Crippen molar-refractivity contribution < 1.29 is 26.0 Å². The van der Waals surface area contributed by atoms with Gasteiger partial charge in [0, 0.05) is 43.9 Å². The Morgan fingerprint density at radius 2 is 1.73 bits per heavy atom. The van der Waals surface area contributed by atoms with Gasteiger partial charge < -0.3 is 4.90 Å². The van der Waals surface area contributed by atoms with Crippen molar-refractivity contribution in [1.29, 1.82) is 0 Å². The lowest BCUT2D eigenvalue weighted by Crippen LogP contribution is -2.50. The van der Waals surface area contributed by atoms with Gasteiger partial charge in [-0.3, -0.25) is 4.79 Å². The molecule has 1 aromatic rings. The maximum atomic E-state index is 13.0. The molecule has 1 saturated heterocycles. The van der Waals surface area contributed by atoms with E-state index in [9.17, 15) is 26.0 Å². The van der Waals surface area contributed by atoms with Gasteiger partial charge in [-0.15, -0.1) is 0 Å². The first-order valence-corrected chi connectivity index (χ1v) is 11.3. The van der Waals surface area contributed by atoms with Gasteiger partial charge >= 0.3 is 0 Å². The van der Waals surface area contributed by atoms with Crippen LogP contribution in [-0.4, -0.2) is 63.9 Å². The lowest BCUT2D eigenvalue weighted by Gasteiger charge is -2.34. The molecule has 0 bridgehead atoms. The molecule has 0 unspecified atom stereocenters. The van der Waals surface area contributed by atoms with Gasteiger partial charge in [0.15, 0.2) is 9.84 Å². The quantitative estimate of drug-likeness (QED) is 0.736. The maximum absolute atomic E-state index is 13.0. The van der Waals surface area contributed by atoms with Crippen molar-refractivity contribution in [3.63, 3.8) is 0 Å². The molecule has 1 amide bonds. The highest BCUT2D eigenvalue weighted by molar-refractivity contribution is 7.94. The van der Waals surface area contributed by atoms with Crippen LogP contribution in [0.1, 0.15) is 6.42 Å². The van der Waals surface area contributed by atoms with Crippen molar-refractivity contribution in [2.24, 2.45) is 5.92 Å². The van der Waals surface area contributed by atoms with Crippen molar-refractivity contribution in [3.05, 3.63) is 41.6 Å². The van der Waals surface area contributed by atoms with Crippen molar-refractivity contribution in [2.45, 2.75) is 11.3 Å². The highest BCUT2D eigenvalue weighted by atomic mass is 32.2. The van der Waals surface area contributed by atoms with Crippen LogP contribution >= 0.6 is 0 Å². The first-order chi connectivity index (χ1) is 12.2. The average Bonchev–Trinajstić information content (AvgIpc) is 2.94. The van der Waals surface area contributed by atoms with Crippen LogP contribution in [0, 0.1) is 11.7 Å². The Morgan fingerprint density at radius 1 is 1.12 bits per heavy atom. The number of hydrogen-bond acceptors (Lipinski definition) is 5. The molecule has 10 heteroatoms. The van der Waals surface area contributed by atoms with Gasteiger partial charge in [0.05, 0.1) is 10.6 Å². The molecule has 2 heterocycles. The van der Waals surface area contributed by atoms with Crippen LogP contribution in [0.5, 0.6) is 0 Å². The molecule has 2 aliphatic rings. The molecule has 3 rings (SSSR count). The zero-order valence-corrected chi connectivity index (χ0v) is 15.5. The first-order valence-electron chi connectivity index (χ1n) is 8.12. The van der Waals surface area contributed by atoms with E-state index >= 15 is 0 Å². The fourth-order valence-corrected chi connectivity index (χ4v) is 5.87. The molecule has 0 radical (unpaired) electrons. The van der Waals surface area contributed by atoms with Crippen LogP contribution in [0.4, 0.5) is 4.39 Å². The monoisotopic (exact) mass is 402 g/mol. The molecule has 0 aliphatic carbocycles. The van der Waals surface area contributed by atoms with Crippen molar-refractivity contribution >= 4 is 25.8 Å². The predicted molar refractivity (Wildman–Crippen MR) is 92.8 cm³/mol. The molecular formula is C16H19FN2O5S2. The fourth-order valence-electron chi connectivity index (χ4n) is 3.05. The molecule has 0 N–H and O–H groups in total. The largest absolute Gasteiger partial charge is 0.340 e. The summed E-state index contributed by atoms with van der Waals surface area (Å²) >= 11 is 0. The van der Waals surface area contributed by atoms with Crippen molar-refractivity contribution in [3.8, 4) is 0 Å². The normalized spacial score (nSPS) is 23.3. The van der Waals surface area contributed by atoms with Gasteiger partial charge in [-0.05, 0) is 24.3 Å². The zero-order valence-electron chi connectivity index (χ0n) is 13.9. The van der Waals surface area contributed by atoms with Crippen LogP contribution in [0.3, 0.4) is 0 Å². The van der Waals surface area contributed by atoms with Crippen molar-refractivity contribution in [2.75, 3.05) is 31.9 Å². The van der Waals surface area contributed by atoms with Crippen LogP contribution in [0.25, 0.3) is 0 Å².